The Morgan fingerprint density at radius 1 is 1.20 bits per heavy atom. The highest BCUT2D eigenvalue weighted by molar-refractivity contribution is 6.13. The number of hydrogen-bond acceptors (Lipinski definition) is 0. The highest BCUT2D eigenvalue weighted by atomic mass is 15.1. The molecule has 0 saturated heterocycles. The summed E-state index contributed by atoms with van der Waals surface area (Å²) in [6, 6.07) is 0. The van der Waals surface area contributed by atoms with E-state index < -0.39 is 0 Å². The van der Waals surface area contributed by atoms with E-state index in [1.807, 2.05) is 0 Å². The van der Waals surface area contributed by atoms with E-state index in [9.17, 15) is 0 Å². The second kappa shape index (κ2) is 1.05. The summed E-state index contributed by atoms with van der Waals surface area (Å²) in [5.41, 5.74) is 0. The third kappa shape index (κ3) is 2210. The van der Waals surface area contributed by atoms with E-state index in [4.69, 9.17) is 16.0 Å². The maximum absolute atomic E-state index is 5.07. The normalized spacial score (nSPS) is 11.6. The molecule has 0 aromatic carbocycles. The van der Waals surface area contributed by atoms with Gasteiger partial charge in [-0.25, -0.2) is 0 Å². The summed E-state index contributed by atoms with van der Waals surface area (Å²) >= 11 is 0. The molecular formula is C2H6B2N+. The average molecular weight is 65.7 g/mol. The van der Waals surface area contributed by atoms with Crippen LogP contribution in [0, 0.1) is 0 Å². The Balaban J connectivity index is 3.02. The Morgan fingerprint density at radius 3 is 1.20 bits per heavy atom. The monoisotopic (exact) mass is 66.1 g/mol. The van der Waals surface area contributed by atoms with Crippen LogP contribution in [0.2, 0.25) is 0 Å². The largest absolute Gasteiger partial charge is 0.478 e. The first kappa shape index (κ1) is 5.09. The van der Waals surface area contributed by atoms with Crippen LogP contribution in [-0.4, -0.2) is 34.4 Å². The molecule has 0 rings (SSSR count). The standard InChI is InChI=1S/C2H6B2N/c1-5(2,3)4/h1-2H3/q+1. The van der Waals surface area contributed by atoms with Gasteiger partial charge < -0.3 is 4.31 Å². The molecule has 0 saturated carbocycles. The van der Waals surface area contributed by atoms with Crippen LogP contribution in [0.3, 0.4) is 0 Å². The fraction of sp³-hybridized carbons (Fsp3) is 1.00. The Bertz CT molecular complexity index is 23.1. The summed E-state index contributed by atoms with van der Waals surface area (Å²) in [5.74, 6) is 0. The van der Waals surface area contributed by atoms with Crippen molar-refractivity contribution in [2.24, 2.45) is 0 Å². The quantitative estimate of drug-likeness (QED) is 0.325. The first-order valence-corrected chi connectivity index (χ1v) is 1.41. The molecule has 0 aliphatic carbocycles. The molecule has 3 heteroatoms. The molecule has 0 unspecified atom stereocenters. The molecule has 0 bridgehead atoms. The first-order chi connectivity index (χ1) is 2.00. The second-order valence-electron chi connectivity index (χ2n) is 1.63. The predicted octanol–water partition coefficient (Wildman–Crippen LogP) is -0.770. The van der Waals surface area contributed by atoms with Gasteiger partial charge in [0.15, 0.2) is 0 Å². The average Bonchev–Trinajstić information content (AvgIpc) is 0.722. The lowest BCUT2D eigenvalue weighted by Crippen LogP contribution is -2.32. The second-order valence-corrected chi connectivity index (χ2v) is 1.63. The van der Waals surface area contributed by atoms with Crippen molar-refractivity contribution in [2.45, 2.75) is 0 Å². The highest BCUT2D eigenvalue weighted by Gasteiger charge is 1.93. The zero-order valence-electron chi connectivity index (χ0n) is 3.60. The highest BCUT2D eigenvalue weighted by Crippen LogP contribution is 1.69. The summed E-state index contributed by atoms with van der Waals surface area (Å²) in [6.07, 6.45) is 0. The molecule has 0 heterocycles. The number of hydrogen-bond donors (Lipinski definition) is 0. The van der Waals surface area contributed by atoms with Gasteiger partial charge in [-0.2, -0.15) is 0 Å². The topological polar surface area (TPSA) is 0 Å². The minimum atomic E-state index is 0. The van der Waals surface area contributed by atoms with Crippen LogP contribution >= 0.6 is 0 Å². The van der Waals surface area contributed by atoms with Gasteiger partial charge in [0.2, 0.25) is 0 Å². The van der Waals surface area contributed by atoms with Crippen LogP contribution in [0.1, 0.15) is 0 Å². The third-order valence-corrected chi connectivity index (χ3v) is 0. The summed E-state index contributed by atoms with van der Waals surface area (Å²) in [6.45, 7) is 0. The summed E-state index contributed by atoms with van der Waals surface area (Å²) in [4.78, 5) is 0. The van der Waals surface area contributed by atoms with Gasteiger partial charge >= 0.3 is 16.0 Å². The molecule has 0 fully saturated rings. The molecule has 0 aromatic heterocycles. The number of rotatable bonds is 0. The van der Waals surface area contributed by atoms with Crippen LogP contribution in [-0.2, 0) is 0 Å². The van der Waals surface area contributed by atoms with Crippen molar-refractivity contribution in [1.29, 1.82) is 0 Å². The van der Waals surface area contributed by atoms with Gasteiger partial charge in [0, 0.05) is 14.1 Å². The van der Waals surface area contributed by atoms with Gasteiger partial charge in [-0.3, -0.25) is 0 Å². The van der Waals surface area contributed by atoms with Crippen molar-refractivity contribution >= 4 is 16.0 Å². The lowest BCUT2D eigenvalue weighted by molar-refractivity contribution is -0.641. The molecule has 4 radical (unpaired) electrons. The van der Waals surface area contributed by atoms with Crippen LogP contribution in [0.25, 0.3) is 0 Å². The predicted molar refractivity (Wildman–Crippen MR) is 23.6 cm³/mol. The van der Waals surface area contributed by atoms with E-state index in [0.717, 1.165) is 0 Å². The van der Waals surface area contributed by atoms with E-state index in [0.29, 0.717) is 0 Å². The molecule has 0 aliphatic rings. The minimum Gasteiger partial charge on any atom is -0.478 e. The van der Waals surface area contributed by atoms with Crippen molar-refractivity contribution < 1.29 is 4.31 Å². The minimum absolute atomic E-state index is 0. The Hall–Kier alpha value is 0.0899. The van der Waals surface area contributed by atoms with Crippen molar-refractivity contribution in [3.05, 3.63) is 0 Å². The maximum Gasteiger partial charge on any atom is 0.455 e. The molecule has 5 heavy (non-hydrogen) atoms. The fourth-order valence-electron chi connectivity index (χ4n) is 0. The van der Waals surface area contributed by atoms with Gasteiger partial charge in [0.05, 0.1) is 0 Å². The lowest BCUT2D eigenvalue weighted by atomic mass is 10.1. The molecule has 24 valence electrons. The lowest BCUT2D eigenvalue weighted by Gasteiger charge is -2.16. The smallest absolute Gasteiger partial charge is 0.455 e. The van der Waals surface area contributed by atoms with Crippen molar-refractivity contribution in [2.75, 3.05) is 14.1 Å². The van der Waals surface area contributed by atoms with Gasteiger partial charge in [0.1, 0.15) is 0 Å². The summed E-state index contributed by atoms with van der Waals surface area (Å²) in [5, 5.41) is 0. The van der Waals surface area contributed by atoms with Gasteiger partial charge in [-0.15, -0.1) is 0 Å². The van der Waals surface area contributed by atoms with Gasteiger partial charge in [0.25, 0.3) is 0 Å². The molecule has 0 aromatic rings. The molecule has 0 aliphatic heterocycles. The molecule has 0 spiro atoms. The Kier molecular flexibility index (Phi) is 1.07. The zero-order valence-corrected chi connectivity index (χ0v) is 3.60. The van der Waals surface area contributed by atoms with Crippen LogP contribution in [0.4, 0.5) is 0 Å². The van der Waals surface area contributed by atoms with E-state index in [1.54, 1.807) is 14.1 Å². The molecule has 0 atom stereocenters. The molecule has 0 amide bonds. The summed E-state index contributed by atoms with van der Waals surface area (Å²) < 4.78 is 0. The van der Waals surface area contributed by atoms with Crippen LogP contribution in [0.5, 0.6) is 0 Å². The van der Waals surface area contributed by atoms with Crippen LogP contribution < -0.4 is 0 Å². The van der Waals surface area contributed by atoms with E-state index in [1.165, 1.54) is 0 Å². The van der Waals surface area contributed by atoms with E-state index in [2.05, 4.69) is 0 Å². The van der Waals surface area contributed by atoms with Crippen LogP contribution in [0.15, 0.2) is 0 Å². The van der Waals surface area contributed by atoms with Crippen molar-refractivity contribution in [3.63, 3.8) is 0 Å². The van der Waals surface area contributed by atoms with Crippen molar-refractivity contribution in [1.82, 2.24) is 0 Å². The van der Waals surface area contributed by atoms with Crippen molar-refractivity contribution in [3.8, 4) is 0 Å². The van der Waals surface area contributed by atoms with E-state index in [-0.39, 0.29) is 4.31 Å². The zero-order chi connectivity index (χ0) is 4.50. The fourth-order valence-corrected chi connectivity index (χ4v) is 0. The third-order valence-electron chi connectivity index (χ3n) is 0. The Labute approximate surface area is 35.4 Å². The number of nitrogens with zero attached hydrogens (tertiary/aromatic N) is 1. The Morgan fingerprint density at radius 2 is 1.20 bits per heavy atom. The van der Waals surface area contributed by atoms with Gasteiger partial charge in [-0.1, -0.05) is 0 Å². The van der Waals surface area contributed by atoms with E-state index >= 15 is 0 Å². The van der Waals surface area contributed by atoms with Gasteiger partial charge in [-0.05, 0) is 0 Å². The molecule has 1 nitrogen and oxygen atoms in total. The SMILES string of the molecule is [B][N+]([B])(C)C. The maximum atomic E-state index is 5.07. The number of quaternary nitrogens is 1. The molecular weight excluding hydrogens is 59.7 g/mol. The first-order valence-electron chi connectivity index (χ1n) is 1.41. The molecule has 0 N–H and O–H groups in total. The summed E-state index contributed by atoms with van der Waals surface area (Å²) in [7, 11) is 13.5.